The summed E-state index contributed by atoms with van der Waals surface area (Å²) in [6.45, 7) is 8.31. The molecule has 3 rings (SSSR count). The number of anilines is 1. The zero-order chi connectivity index (χ0) is 18.6. The van der Waals surface area contributed by atoms with Crippen molar-refractivity contribution in [3.63, 3.8) is 0 Å². The number of fused-ring (bicyclic) bond motifs is 1. The number of primary amides is 1. The molecular formula is C17H20ClN3O2S2. The summed E-state index contributed by atoms with van der Waals surface area (Å²) in [5.41, 5.74) is 6.50. The molecule has 4 N–H and O–H groups in total. The average molecular weight is 398 g/mol. The summed E-state index contributed by atoms with van der Waals surface area (Å²) >= 11 is 8.50. The Kier molecular flexibility index (Phi) is 4.48. The lowest BCUT2D eigenvalue weighted by atomic mass is 9.81. The van der Waals surface area contributed by atoms with Crippen molar-refractivity contribution in [2.24, 2.45) is 5.73 Å². The fourth-order valence-corrected chi connectivity index (χ4v) is 5.69. The minimum absolute atomic E-state index is 0.176. The van der Waals surface area contributed by atoms with Crippen molar-refractivity contribution in [1.82, 2.24) is 5.32 Å². The first-order valence-electron chi connectivity index (χ1n) is 7.82. The number of carbonyl (C=O) groups excluding carboxylic acids is 2. The Labute approximate surface area is 159 Å². The lowest BCUT2D eigenvalue weighted by Gasteiger charge is -2.42. The van der Waals surface area contributed by atoms with Gasteiger partial charge in [-0.05, 0) is 51.8 Å². The van der Waals surface area contributed by atoms with E-state index in [0.717, 1.165) is 10.4 Å². The lowest BCUT2D eigenvalue weighted by Crippen LogP contribution is -2.55. The summed E-state index contributed by atoms with van der Waals surface area (Å²) in [6.07, 6.45) is 0.668. The minimum Gasteiger partial charge on any atom is -0.365 e. The molecule has 1 aliphatic rings. The van der Waals surface area contributed by atoms with Crippen LogP contribution in [0.1, 0.15) is 58.2 Å². The molecule has 0 saturated heterocycles. The van der Waals surface area contributed by atoms with E-state index in [1.54, 1.807) is 12.1 Å². The van der Waals surface area contributed by atoms with E-state index < -0.39 is 5.91 Å². The smallest absolute Gasteiger partial charge is 0.266 e. The quantitative estimate of drug-likeness (QED) is 0.732. The van der Waals surface area contributed by atoms with Gasteiger partial charge in [-0.1, -0.05) is 11.6 Å². The molecule has 0 fully saturated rings. The number of hydrogen-bond donors (Lipinski definition) is 3. The first kappa shape index (κ1) is 18.4. The summed E-state index contributed by atoms with van der Waals surface area (Å²) in [4.78, 5) is 26.1. The van der Waals surface area contributed by atoms with Crippen molar-refractivity contribution in [2.75, 3.05) is 5.32 Å². The second-order valence-electron chi connectivity index (χ2n) is 7.35. The molecule has 0 atom stereocenters. The normalized spacial score (nSPS) is 17.8. The molecule has 0 radical (unpaired) electrons. The van der Waals surface area contributed by atoms with Gasteiger partial charge in [0.1, 0.15) is 5.00 Å². The molecule has 2 amide bonds. The van der Waals surface area contributed by atoms with E-state index in [-0.39, 0.29) is 17.0 Å². The Morgan fingerprint density at radius 3 is 2.48 bits per heavy atom. The molecule has 134 valence electrons. The van der Waals surface area contributed by atoms with Crippen molar-refractivity contribution >= 4 is 51.1 Å². The Bertz CT molecular complexity index is 867. The van der Waals surface area contributed by atoms with Crippen LogP contribution in [0.4, 0.5) is 5.00 Å². The van der Waals surface area contributed by atoms with Gasteiger partial charge in [0.05, 0.1) is 14.8 Å². The van der Waals surface area contributed by atoms with E-state index in [0.29, 0.717) is 26.2 Å². The Morgan fingerprint density at radius 2 is 1.92 bits per heavy atom. The van der Waals surface area contributed by atoms with Crippen LogP contribution >= 0.6 is 34.3 Å². The molecule has 25 heavy (non-hydrogen) atoms. The van der Waals surface area contributed by atoms with Crippen LogP contribution in [0.15, 0.2) is 12.1 Å². The van der Waals surface area contributed by atoms with E-state index in [2.05, 4.69) is 38.3 Å². The molecule has 2 aromatic rings. The maximum Gasteiger partial charge on any atom is 0.266 e. The lowest BCUT2D eigenvalue weighted by molar-refractivity contribution is 0.0999. The van der Waals surface area contributed by atoms with Gasteiger partial charge < -0.3 is 16.4 Å². The van der Waals surface area contributed by atoms with Crippen LogP contribution in [0.5, 0.6) is 0 Å². The van der Waals surface area contributed by atoms with Crippen molar-refractivity contribution in [2.45, 2.75) is 45.2 Å². The predicted molar refractivity (Wildman–Crippen MR) is 104 cm³/mol. The predicted octanol–water partition coefficient (Wildman–Crippen LogP) is 3.97. The number of rotatable bonds is 3. The highest BCUT2D eigenvalue weighted by Gasteiger charge is 2.41. The van der Waals surface area contributed by atoms with Gasteiger partial charge in [0, 0.05) is 16.0 Å². The topological polar surface area (TPSA) is 84.2 Å². The zero-order valence-corrected chi connectivity index (χ0v) is 16.8. The Hall–Kier alpha value is -1.41. The fraction of sp³-hybridized carbons (Fsp3) is 0.412. The third-order valence-corrected chi connectivity index (χ3v) is 6.82. The molecular weight excluding hydrogens is 378 g/mol. The molecule has 0 saturated carbocycles. The maximum atomic E-state index is 12.5. The SMILES string of the molecule is CC1(C)Cc2c(sc(NC(=O)c3ccc(Cl)s3)c2C(N)=O)C(C)(C)N1. The monoisotopic (exact) mass is 397 g/mol. The second kappa shape index (κ2) is 6.09. The maximum absolute atomic E-state index is 12.5. The first-order valence-corrected chi connectivity index (χ1v) is 9.83. The van der Waals surface area contributed by atoms with Gasteiger partial charge in [-0.25, -0.2) is 0 Å². The highest BCUT2D eigenvalue weighted by Crippen LogP contribution is 2.45. The van der Waals surface area contributed by atoms with Gasteiger partial charge in [0.2, 0.25) is 0 Å². The van der Waals surface area contributed by atoms with Gasteiger partial charge in [0.15, 0.2) is 0 Å². The molecule has 8 heteroatoms. The summed E-state index contributed by atoms with van der Waals surface area (Å²) in [5.74, 6) is -0.812. The van der Waals surface area contributed by atoms with Gasteiger partial charge >= 0.3 is 0 Å². The third-order valence-electron chi connectivity index (χ3n) is 4.11. The summed E-state index contributed by atoms with van der Waals surface area (Å²) in [6, 6.07) is 3.33. The van der Waals surface area contributed by atoms with Crippen molar-refractivity contribution < 1.29 is 9.59 Å². The van der Waals surface area contributed by atoms with Gasteiger partial charge in [0.25, 0.3) is 11.8 Å². The average Bonchev–Trinajstić information content (AvgIpc) is 3.01. The Morgan fingerprint density at radius 1 is 1.24 bits per heavy atom. The van der Waals surface area contributed by atoms with Crippen LogP contribution in [-0.2, 0) is 12.0 Å². The van der Waals surface area contributed by atoms with Gasteiger partial charge in [-0.15, -0.1) is 22.7 Å². The number of carbonyl (C=O) groups is 2. The molecule has 0 unspecified atom stereocenters. The van der Waals surface area contributed by atoms with E-state index in [9.17, 15) is 9.59 Å². The molecule has 5 nitrogen and oxygen atoms in total. The molecule has 0 aromatic carbocycles. The number of nitrogens with two attached hydrogens (primary N) is 1. The highest BCUT2D eigenvalue weighted by atomic mass is 35.5. The first-order chi connectivity index (χ1) is 11.5. The van der Waals surface area contributed by atoms with Gasteiger partial charge in [-0.2, -0.15) is 0 Å². The minimum atomic E-state index is -0.523. The highest BCUT2D eigenvalue weighted by molar-refractivity contribution is 7.19. The van der Waals surface area contributed by atoms with E-state index in [4.69, 9.17) is 17.3 Å². The number of nitrogens with one attached hydrogen (secondary N) is 2. The fourth-order valence-electron chi connectivity index (χ4n) is 3.48. The van der Waals surface area contributed by atoms with Crippen LogP contribution in [0.25, 0.3) is 0 Å². The van der Waals surface area contributed by atoms with Crippen molar-refractivity contribution in [1.29, 1.82) is 0 Å². The van der Waals surface area contributed by atoms with Crippen molar-refractivity contribution in [3.05, 3.63) is 37.4 Å². The molecule has 0 bridgehead atoms. The van der Waals surface area contributed by atoms with Crippen LogP contribution in [0.3, 0.4) is 0 Å². The number of amides is 2. The Balaban J connectivity index is 2.05. The van der Waals surface area contributed by atoms with E-state index in [1.165, 1.54) is 22.7 Å². The summed E-state index contributed by atoms with van der Waals surface area (Å²) in [7, 11) is 0. The van der Waals surface area contributed by atoms with Crippen LogP contribution in [0, 0.1) is 0 Å². The van der Waals surface area contributed by atoms with E-state index in [1.807, 2.05) is 0 Å². The standard InChI is InChI=1S/C17H20ClN3O2S2/c1-16(2)7-8-11(13(19)22)15(25-12(8)17(3,4)21-16)20-14(23)9-5-6-10(18)24-9/h5-6,21H,7H2,1-4H3,(H2,19,22)(H,20,23). The molecule has 0 spiro atoms. The third kappa shape index (κ3) is 3.46. The number of halogens is 1. The van der Waals surface area contributed by atoms with Crippen molar-refractivity contribution in [3.8, 4) is 0 Å². The van der Waals surface area contributed by atoms with Gasteiger partial charge in [-0.3, -0.25) is 9.59 Å². The molecule has 2 aromatic heterocycles. The molecule has 3 heterocycles. The number of hydrogen-bond acceptors (Lipinski definition) is 5. The number of thiophene rings is 2. The van der Waals surface area contributed by atoms with E-state index >= 15 is 0 Å². The molecule has 0 aliphatic carbocycles. The second-order valence-corrected chi connectivity index (χ2v) is 10.1. The van der Waals surface area contributed by atoms with Crippen LogP contribution in [-0.4, -0.2) is 17.4 Å². The van der Waals surface area contributed by atoms with Crippen LogP contribution in [0.2, 0.25) is 4.34 Å². The largest absolute Gasteiger partial charge is 0.365 e. The zero-order valence-electron chi connectivity index (χ0n) is 14.5. The summed E-state index contributed by atoms with van der Waals surface area (Å²) < 4.78 is 0.540. The summed E-state index contributed by atoms with van der Waals surface area (Å²) in [5, 5.41) is 6.93. The molecule has 1 aliphatic heterocycles. The van der Waals surface area contributed by atoms with Crippen LogP contribution < -0.4 is 16.4 Å².